The Kier molecular flexibility index (Phi) is 2.51. The molecular weight excluding hydrogens is 191 g/mol. The highest BCUT2D eigenvalue weighted by Crippen LogP contribution is 2.57. The standard InChI is InChI=1S/C12H17FN2/c1-12(2)6-9(12)11(14-3)8-4-5-15-7-10(8)13/h4-5,7,9,11,14H,6H2,1-3H3. The third kappa shape index (κ3) is 1.88. The zero-order valence-corrected chi connectivity index (χ0v) is 9.42. The fraction of sp³-hybridized carbons (Fsp3) is 0.583. The van der Waals surface area contributed by atoms with E-state index in [0.29, 0.717) is 11.3 Å². The molecule has 2 nitrogen and oxygen atoms in total. The van der Waals surface area contributed by atoms with E-state index in [1.54, 1.807) is 12.3 Å². The van der Waals surface area contributed by atoms with Crippen LogP contribution in [-0.4, -0.2) is 12.0 Å². The lowest BCUT2D eigenvalue weighted by Crippen LogP contribution is -2.21. The van der Waals surface area contributed by atoms with Crippen molar-refractivity contribution in [2.24, 2.45) is 11.3 Å². The van der Waals surface area contributed by atoms with Crippen molar-refractivity contribution in [3.8, 4) is 0 Å². The molecule has 1 saturated carbocycles. The number of hydrogen-bond donors (Lipinski definition) is 1. The molecule has 0 bridgehead atoms. The lowest BCUT2D eigenvalue weighted by atomic mass is 9.98. The molecule has 3 heteroatoms. The number of rotatable bonds is 3. The second-order valence-electron chi connectivity index (χ2n) is 4.96. The molecule has 0 aromatic carbocycles. The Bertz CT molecular complexity index is 362. The lowest BCUT2D eigenvalue weighted by molar-refractivity contribution is 0.425. The van der Waals surface area contributed by atoms with Crippen LogP contribution in [0.2, 0.25) is 0 Å². The Morgan fingerprint density at radius 1 is 1.60 bits per heavy atom. The van der Waals surface area contributed by atoms with Gasteiger partial charge in [0.25, 0.3) is 0 Å². The van der Waals surface area contributed by atoms with Gasteiger partial charge in [0, 0.05) is 17.8 Å². The molecule has 1 heterocycles. The van der Waals surface area contributed by atoms with Crippen LogP contribution in [0, 0.1) is 17.2 Å². The molecule has 2 rings (SSSR count). The summed E-state index contributed by atoms with van der Waals surface area (Å²) in [6.45, 7) is 4.45. The van der Waals surface area contributed by atoms with E-state index in [9.17, 15) is 4.39 Å². The van der Waals surface area contributed by atoms with E-state index in [1.165, 1.54) is 6.20 Å². The third-order valence-corrected chi connectivity index (χ3v) is 3.44. The summed E-state index contributed by atoms with van der Waals surface area (Å²) in [5.41, 5.74) is 1.08. The maximum atomic E-state index is 13.6. The highest BCUT2D eigenvalue weighted by Gasteiger charge is 2.50. The van der Waals surface area contributed by atoms with E-state index in [0.717, 1.165) is 12.0 Å². The van der Waals surface area contributed by atoms with Crippen molar-refractivity contribution in [2.45, 2.75) is 26.3 Å². The van der Waals surface area contributed by atoms with E-state index in [2.05, 4.69) is 24.1 Å². The number of pyridine rings is 1. The molecule has 0 spiro atoms. The van der Waals surface area contributed by atoms with Crippen molar-refractivity contribution in [2.75, 3.05) is 7.05 Å². The van der Waals surface area contributed by atoms with Crippen molar-refractivity contribution in [1.82, 2.24) is 10.3 Å². The number of aromatic nitrogens is 1. The van der Waals surface area contributed by atoms with Crippen molar-refractivity contribution in [1.29, 1.82) is 0 Å². The smallest absolute Gasteiger partial charge is 0.146 e. The largest absolute Gasteiger partial charge is 0.313 e. The Balaban J connectivity index is 2.25. The van der Waals surface area contributed by atoms with Crippen LogP contribution in [0.15, 0.2) is 18.5 Å². The first kappa shape index (κ1) is 10.6. The van der Waals surface area contributed by atoms with Crippen molar-refractivity contribution in [3.63, 3.8) is 0 Å². The zero-order valence-electron chi connectivity index (χ0n) is 9.42. The second kappa shape index (κ2) is 3.56. The Morgan fingerprint density at radius 2 is 2.27 bits per heavy atom. The van der Waals surface area contributed by atoms with Gasteiger partial charge in [0.2, 0.25) is 0 Å². The summed E-state index contributed by atoms with van der Waals surface area (Å²) in [5, 5.41) is 3.21. The van der Waals surface area contributed by atoms with Gasteiger partial charge in [-0.3, -0.25) is 4.98 Å². The first-order valence-corrected chi connectivity index (χ1v) is 5.33. The summed E-state index contributed by atoms with van der Waals surface area (Å²) in [6, 6.07) is 1.88. The minimum absolute atomic E-state index is 0.114. The van der Waals surface area contributed by atoms with Crippen LogP contribution in [0.1, 0.15) is 31.9 Å². The summed E-state index contributed by atoms with van der Waals surface area (Å²) in [5.74, 6) is 0.318. The molecule has 2 unspecified atom stereocenters. The van der Waals surface area contributed by atoms with Gasteiger partial charge in [0.1, 0.15) is 5.82 Å². The van der Waals surface area contributed by atoms with Gasteiger partial charge in [0.15, 0.2) is 0 Å². The van der Waals surface area contributed by atoms with E-state index in [-0.39, 0.29) is 11.9 Å². The van der Waals surface area contributed by atoms with Crippen LogP contribution < -0.4 is 5.32 Å². The van der Waals surface area contributed by atoms with Crippen molar-refractivity contribution >= 4 is 0 Å². The average molecular weight is 208 g/mol. The molecule has 0 amide bonds. The molecule has 1 aromatic rings. The molecule has 1 fully saturated rings. The summed E-state index contributed by atoms with van der Waals surface area (Å²) < 4.78 is 13.6. The van der Waals surface area contributed by atoms with E-state index < -0.39 is 0 Å². The fourth-order valence-electron chi connectivity index (χ4n) is 2.29. The SMILES string of the molecule is CNC(c1ccncc1F)C1CC1(C)C. The van der Waals surface area contributed by atoms with Crippen LogP contribution in [0.5, 0.6) is 0 Å². The fourth-order valence-corrected chi connectivity index (χ4v) is 2.29. The van der Waals surface area contributed by atoms with Crippen LogP contribution in [-0.2, 0) is 0 Å². The molecule has 0 saturated heterocycles. The normalized spacial score (nSPS) is 24.9. The second-order valence-corrected chi connectivity index (χ2v) is 4.96. The summed E-state index contributed by atoms with van der Waals surface area (Å²) in [7, 11) is 1.89. The van der Waals surface area contributed by atoms with Gasteiger partial charge >= 0.3 is 0 Å². The molecule has 2 atom stereocenters. The molecule has 1 N–H and O–H groups in total. The van der Waals surface area contributed by atoms with Crippen LogP contribution in [0.4, 0.5) is 4.39 Å². The number of nitrogens with zero attached hydrogens (tertiary/aromatic N) is 1. The Hall–Kier alpha value is -0.960. The number of hydrogen-bond acceptors (Lipinski definition) is 2. The number of halogens is 1. The van der Waals surface area contributed by atoms with Gasteiger partial charge in [-0.2, -0.15) is 0 Å². The van der Waals surface area contributed by atoms with E-state index >= 15 is 0 Å². The maximum absolute atomic E-state index is 13.6. The first-order chi connectivity index (χ1) is 7.06. The van der Waals surface area contributed by atoms with E-state index in [1.807, 2.05) is 7.05 Å². The van der Waals surface area contributed by atoms with Crippen LogP contribution >= 0.6 is 0 Å². The first-order valence-electron chi connectivity index (χ1n) is 5.33. The van der Waals surface area contributed by atoms with Crippen LogP contribution in [0.3, 0.4) is 0 Å². The van der Waals surface area contributed by atoms with Gasteiger partial charge in [-0.05, 0) is 30.9 Å². The number of nitrogens with one attached hydrogen (secondary N) is 1. The van der Waals surface area contributed by atoms with Crippen LogP contribution in [0.25, 0.3) is 0 Å². The maximum Gasteiger partial charge on any atom is 0.146 e. The molecule has 1 aliphatic carbocycles. The Morgan fingerprint density at radius 3 is 2.73 bits per heavy atom. The van der Waals surface area contributed by atoms with Crippen molar-refractivity contribution in [3.05, 3.63) is 29.8 Å². The minimum atomic E-state index is -0.209. The Labute approximate surface area is 89.9 Å². The zero-order chi connectivity index (χ0) is 11.1. The minimum Gasteiger partial charge on any atom is -0.313 e. The molecule has 1 aliphatic rings. The molecule has 0 radical (unpaired) electrons. The topological polar surface area (TPSA) is 24.9 Å². The highest BCUT2D eigenvalue weighted by molar-refractivity contribution is 5.22. The molecular formula is C12H17FN2. The average Bonchev–Trinajstić information content (AvgIpc) is 2.80. The predicted molar refractivity (Wildman–Crippen MR) is 57.9 cm³/mol. The molecule has 0 aliphatic heterocycles. The van der Waals surface area contributed by atoms with Crippen molar-refractivity contribution < 1.29 is 4.39 Å². The van der Waals surface area contributed by atoms with Gasteiger partial charge in [-0.1, -0.05) is 13.8 Å². The predicted octanol–water partition coefficient (Wildman–Crippen LogP) is 2.53. The van der Waals surface area contributed by atoms with E-state index in [4.69, 9.17) is 0 Å². The van der Waals surface area contributed by atoms with Gasteiger partial charge in [-0.25, -0.2) is 4.39 Å². The third-order valence-electron chi connectivity index (χ3n) is 3.44. The quantitative estimate of drug-likeness (QED) is 0.825. The summed E-state index contributed by atoms with van der Waals surface area (Å²) in [4.78, 5) is 3.77. The van der Waals surface area contributed by atoms with Gasteiger partial charge < -0.3 is 5.32 Å². The highest BCUT2D eigenvalue weighted by atomic mass is 19.1. The van der Waals surface area contributed by atoms with Gasteiger partial charge in [0.05, 0.1) is 6.20 Å². The van der Waals surface area contributed by atoms with Gasteiger partial charge in [-0.15, -0.1) is 0 Å². The monoisotopic (exact) mass is 208 g/mol. The summed E-state index contributed by atoms with van der Waals surface area (Å²) in [6.07, 6.45) is 4.09. The molecule has 82 valence electrons. The summed E-state index contributed by atoms with van der Waals surface area (Å²) >= 11 is 0. The lowest BCUT2D eigenvalue weighted by Gasteiger charge is -2.18. The molecule has 1 aromatic heterocycles. The molecule has 15 heavy (non-hydrogen) atoms.